The Morgan fingerprint density at radius 1 is 1.28 bits per heavy atom. The van der Waals surface area contributed by atoms with Gasteiger partial charge in [-0.05, 0) is 38.5 Å². The van der Waals surface area contributed by atoms with E-state index >= 15 is 0 Å². The van der Waals surface area contributed by atoms with E-state index in [-0.39, 0.29) is 5.92 Å². The first-order valence-electron chi connectivity index (χ1n) is 7.98. The second-order valence-corrected chi connectivity index (χ2v) is 6.55. The Hall–Kier alpha value is -2.57. The summed E-state index contributed by atoms with van der Waals surface area (Å²) in [4.78, 5) is 26.2. The van der Waals surface area contributed by atoms with Gasteiger partial charge in [0.05, 0.1) is 0 Å². The van der Waals surface area contributed by atoms with Crippen LogP contribution < -0.4 is 11.1 Å². The molecule has 25 heavy (non-hydrogen) atoms. The number of nitrogens with two attached hydrogens (primary N) is 1. The summed E-state index contributed by atoms with van der Waals surface area (Å²) in [7, 11) is 1.48. The number of anilines is 1. The second-order valence-electron chi connectivity index (χ2n) is 6.55. The molecule has 0 fully saturated rings. The Bertz CT molecular complexity index is 561. The van der Waals surface area contributed by atoms with E-state index in [1.165, 1.54) is 7.11 Å². The number of aldehydes is 1. The number of ether oxygens (including phenoxy) is 1. The zero-order chi connectivity index (χ0) is 19.5. The molecule has 3 N–H and O–H groups in total. The lowest BCUT2D eigenvalue weighted by molar-refractivity contribution is -0.107. The molecular formula is C18H29N3O4. The van der Waals surface area contributed by atoms with Crippen LogP contribution in [0.4, 0.5) is 10.5 Å². The van der Waals surface area contributed by atoms with Gasteiger partial charge in [-0.25, -0.2) is 4.79 Å². The zero-order valence-electron chi connectivity index (χ0n) is 15.8. The maximum Gasteiger partial charge on any atom is 0.412 e. The molecule has 0 spiro atoms. The van der Waals surface area contributed by atoms with Gasteiger partial charge in [0.2, 0.25) is 0 Å². The van der Waals surface area contributed by atoms with Crippen LogP contribution in [0.2, 0.25) is 0 Å². The van der Waals surface area contributed by atoms with Crippen LogP contribution in [-0.4, -0.2) is 30.9 Å². The SMILES string of the molecule is CC(C)(C)OC(=O)Nc1ccc(CC=O)cc1.CO/N=C(\N)C(C)C. The van der Waals surface area contributed by atoms with E-state index in [4.69, 9.17) is 10.5 Å². The van der Waals surface area contributed by atoms with E-state index < -0.39 is 11.7 Å². The van der Waals surface area contributed by atoms with Crippen LogP contribution in [-0.2, 0) is 20.8 Å². The maximum absolute atomic E-state index is 11.4. The topological polar surface area (TPSA) is 103 Å². The van der Waals surface area contributed by atoms with Crippen LogP contribution in [0, 0.1) is 5.92 Å². The molecule has 7 heteroatoms. The number of nitrogens with one attached hydrogen (secondary N) is 1. The summed E-state index contributed by atoms with van der Waals surface area (Å²) in [5.41, 5.74) is 6.40. The molecule has 140 valence electrons. The highest BCUT2D eigenvalue weighted by Gasteiger charge is 2.15. The fourth-order valence-electron chi connectivity index (χ4n) is 1.45. The molecule has 0 saturated heterocycles. The van der Waals surface area contributed by atoms with Crippen molar-refractivity contribution in [2.45, 2.75) is 46.6 Å². The summed E-state index contributed by atoms with van der Waals surface area (Å²) in [5.74, 6) is 0.808. The minimum absolute atomic E-state index is 0.273. The van der Waals surface area contributed by atoms with Gasteiger partial charge in [0.15, 0.2) is 0 Å². The predicted octanol–water partition coefficient (Wildman–Crippen LogP) is 3.34. The fourth-order valence-corrected chi connectivity index (χ4v) is 1.45. The van der Waals surface area contributed by atoms with Crippen molar-refractivity contribution in [3.8, 4) is 0 Å². The first-order chi connectivity index (χ1) is 11.6. The molecule has 7 nitrogen and oxygen atoms in total. The smallest absolute Gasteiger partial charge is 0.412 e. The third-order valence-electron chi connectivity index (χ3n) is 2.71. The van der Waals surface area contributed by atoms with Crippen molar-refractivity contribution in [1.82, 2.24) is 0 Å². The molecule has 0 aliphatic heterocycles. The molecule has 0 saturated carbocycles. The summed E-state index contributed by atoms with van der Waals surface area (Å²) >= 11 is 0. The molecule has 0 aliphatic rings. The van der Waals surface area contributed by atoms with E-state index in [1.54, 1.807) is 45.0 Å². The molecular weight excluding hydrogens is 322 g/mol. The van der Waals surface area contributed by atoms with Crippen molar-refractivity contribution in [2.24, 2.45) is 16.8 Å². The number of hydrogen-bond donors (Lipinski definition) is 2. The van der Waals surface area contributed by atoms with Gasteiger partial charge in [-0.3, -0.25) is 5.32 Å². The molecule has 1 aromatic rings. The number of oxime groups is 1. The summed E-state index contributed by atoms with van der Waals surface area (Å²) < 4.78 is 5.11. The lowest BCUT2D eigenvalue weighted by atomic mass is 10.1. The van der Waals surface area contributed by atoms with Gasteiger partial charge in [0, 0.05) is 18.0 Å². The number of amides is 1. The van der Waals surface area contributed by atoms with Crippen molar-refractivity contribution in [3.63, 3.8) is 0 Å². The van der Waals surface area contributed by atoms with Crippen LogP contribution in [0.15, 0.2) is 29.4 Å². The minimum atomic E-state index is -0.512. The first kappa shape index (κ1) is 22.4. The lowest BCUT2D eigenvalue weighted by Crippen LogP contribution is -2.27. The number of carbonyl (C=O) groups is 2. The fraction of sp³-hybridized carbons (Fsp3) is 0.500. The van der Waals surface area contributed by atoms with Crippen molar-refractivity contribution in [2.75, 3.05) is 12.4 Å². The van der Waals surface area contributed by atoms with Gasteiger partial charge < -0.3 is 20.1 Å². The standard InChI is InChI=1S/C13H17NO3.C5H12N2O/c1-13(2,3)17-12(16)14-11-6-4-10(5-7-11)8-9-15;1-4(2)5(6)7-8-3/h4-7,9H,8H2,1-3H3,(H,14,16);4H,1-3H3,(H2,6,7). The van der Waals surface area contributed by atoms with Gasteiger partial charge in [0.1, 0.15) is 24.8 Å². The van der Waals surface area contributed by atoms with Crippen LogP contribution >= 0.6 is 0 Å². The Balaban J connectivity index is 0.000000609. The molecule has 0 bridgehead atoms. The summed E-state index contributed by atoms with van der Waals surface area (Å²) in [6.07, 6.45) is 0.740. The molecule has 0 radical (unpaired) electrons. The molecule has 0 unspecified atom stereocenters. The quantitative estimate of drug-likeness (QED) is 0.366. The van der Waals surface area contributed by atoms with Gasteiger partial charge in [0.25, 0.3) is 0 Å². The Labute approximate surface area is 149 Å². The predicted molar refractivity (Wildman–Crippen MR) is 99.5 cm³/mol. The highest BCUT2D eigenvalue weighted by Crippen LogP contribution is 2.12. The number of nitrogens with zero attached hydrogens (tertiary/aromatic N) is 1. The molecule has 0 heterocycles. The van der Waals surface area contributed by atoms with Crippen LogP contribution in [0.25, 0.3) is 0 Å². The van der Waals surface area contributed by atoms with Crippen LogP contribution in [0.1, 0.15) is 40.2 Å². The van der Waals surface area contributed by atoms with Gasteiger partial charge in [-0.2, -0.15) is 0 Å². The molecule has 0 atom stereocenters. The molecule has 1 amide bonds. The highest BCUT2D eigenvalue weighted by atomic mass is 16.6. The maximum atomic E-state index is 11.4. The number of amidine groups is 1. The minimum Gasteiger partial charge on any atom is -0.444 e. The van der Waals surface area contributed by atoms with Crippen molar-refractivity contribution in [1.29, 1.82) is 0 Å². The largest absolute Gasteiger partial charge is 0.444 e. The molecule has 0 aromatic heterocycles. The van der Waals surface area contributed by atoms with Gasteiger partial charge in [-0.15, -0.1) is 0 Å². The average molecular weight is 351 g/mol. The zero-order valence-corrected chi connectivity index (χ0v) is 15.8. The number of hydrogen-bond acceptors (Lipinski definition) is 5. The van der Waals surface area contributed by atoms with Crippen molar-refractivity contribution < 1.29 is 19.2 Å². The lowest BCUT2D eigenvalue weighted by Gasteiger charge is -2.19. The normalized spacial score (nSPS) is 11.2. The summed E-state index contributed by atoms with van der Waals surface area (Å²) in [6.45, 7) is 9.33. The van der Waals surface area contributed by atoms with Crippen molar-refractivity contribution in [3.05, 3.63) is 29.8 Å². The van der Waals surface area contributed by atoms with E-state index in [1.807, 2.05) is 13.8 Å². The van der Waals surface area contributed by atoms with E-state index in [9.17, 15) is 9.59 Å². The second kappa shape index (κ2) is 11.1. The van der Waals surface area contributed by atoms with Gasteiger partial charge >= 0.3 is 6.09 Å². The van der Waals surface area contributed by atoms with E-state index in [2.05, 4.69) is 15.3 Å². The van der Waals surface area contributed by atoms with E-state index in [0.717, 1.165) is 11.8 Å². The Morgan fingerprint density at radius 3 is 2.20 bits per heavy atom. The number of carbonyl (C=O) groups excluding carboxylic acids is 2. The van der Waals surface area contributed by atoms with Crippen LogP contribution in [0.5, 0.6) is 0 Å². The number of benzene rings is 1. The third kappa shape index (κ3) is 11.6. The van der Waals surface area contributed by atoms with Crippen LogP contribution in [0.3, 0.4) is 0 Å². The molecule has 0 aliphatic carbocycles. The Kier molecular flexibility index (Phi) is 9.93. The number of rotatable bonds is 5. The molecule has 1 aromatic carbocycles. The molecule has 1 rings (SSSR count). The summed E-state index contributed by atoms with van der Waals surface area (Å²) in [6, 6.07) is 7.06. The van der Waals surface area contributed by atoms with Gasteiger partial charge in [-0.1, -0.05) is 31.1 Å². The van der Waals surface area contributed by atoms with Crippen molar-refractivity contribution >= 4 is 23.9 Å². The van der Waals surface area contributed by atoms with E-state index in [0.29, 0.717) is 17.9 Å². The highest BCUT2D eigenvalue weighted by molar-refractivity contribution is 5.84. The Morgan fingerprint density at radius 2 is 1.84 bits per heavy atom. The summed E-state index contributed by atoms with van der Waals surface area (Å²) in [5, 5.41) is 6.14. The first-order valence-corrected chi connectivity index (χ1v) is 7.98. The average Bonchev–Trinajstić information content (AvgIpc) is 2.48. The third-order valence-corrected chi connectivity index (χ3v) is 2.71. The monoisotopic (exact) mass is 351 g/mol.